The Morgan fingerprint density at radius 3 is 2.46 bits per heavy atom. The third-order valence-corrected chi connectivity index (χ3v) is 4.83. The van der Waals surface area contributed by atoms with E-state index in [9.17, 15) is 9.59 Å². The first-order valence-electron chi connectivity index (χ1n) is 8.74. The maximum absolute atomic E-state index is 13.0. The van der Waals surface area contributed by atoms with Gasteiger partial charge < -0.3 is 5.11 Å². The first kappa shape index (κ1) is 17.7. The highest BCUT2D eigenvalue weighted by molar-refractivity contribution is 5.86. The van der Waals surface area contributed by atoms with Crippen LogP contribution in [-0.4, -0.2) is 30.4 Å². The summed E-state index contributed by atoms with van der Waals surface area (Å²) >= 11 is 0. The van der Waals surface area contributed by atoms with Crippen LogP contribution in [0.1, 0.15) is 5.56 Å². The topological polar surface area (TPSA) is 90.0 Å². The van der Waals surface area contributed by atoms with Crippen LogP contribution < -0.4 is 5.56 Å². The molecule has 0 fully saturated rings. The molecular formula is C21H18N4O3. The van der Waals surface area contributed by atoms with E-state index in [1.54, 1.807) is 42.3 Å². The number of hydrogen-bond acceptors (Lipinski definition) is 4. The van der Waals surface area contributed by atoms with Gasteiger partial charge in [-0.2, -0.15) is 0 Å². The van der Waals surface area contributed by atoms with Gasteiger partial charge in [-0.3, -0.25) is 28.9 Å². The Kier molecular flexibility index (Phi) is 4.27. The minimum atomic E-state index is -0.911. The summed E-state index contributed by atoms with van der Waals surface area (Å²) in [6.07, 6.45) is 3.17. The molecule has 0 saturated heterocycles. The summed E-state index contributed by atoms with van der Waals surface area (Å²) in [5, 5.41) is 9.08. The molecule has 0 unspecified atom stereocenters. The van der Waals surface area contributed by atoms with E-state index in [1.807, 2.05) is 31.3 Å². The molecule has 0 aliphatic heterocycles. The second kappa shape index (κ2) is 6.77. The van der Waals surface area contributed by atoms with Gasteiger partial charge in [-0.05, 0) is 23.3 Å². The predicted octanol–water partition coefficient (Wildman–Crippen LogP) is 2.63. The Balaban J connectivity index is 1.95. The Morgan fingerprint density at radius 1 is 0.964 bits per heavy atom. The number of carbonyl (C=O) groups is 1. The van der Waals surface area contributed by atoms with Crippen LogP contribution in [0, 0.1) is 0 Å². The standard InChI is InChI=1S/C21H18N4O3/c1-24-20(15-6-7-16-17(12-15)23-9-8-22-16)19(21(28)25(24)2)14-5-3-4-13(10-14)11-18(26)27/h3-10,12H,11H2,1-2H3,(H,26,27). The lowest BCUT2D eigenvalue weighted by atomic mass is 9.98. The van der Waals surface area contributed by atoms with Crippen molar-refractivity contribution in [2.75, 3.05) is 0 Å². The number of nitrogens with zero attached hydrogens (tertiary/aromatic N) is 4. The Morgan fingerprint density at radius 2 is 1.71 bits per heavy atom. The summed E-state index contributed by atoms with van der Waals surface area (Å²) in [6, 6.07) is 12.8. The van der Waals surface area contributed by atoms with Crippen LogP contribution in [0.15, 0.2) is 59.7 Å². The molecule has 4 rings (SSSR count). The van der Waals surface area contributed by atoms with Crippen molar-refractivity contribution in [3.63, 3.8) is 0 Å². The molecule has 0 atom stereocenters. The number of hydrogen-bond donors (Lipinski definition) is 1. The van der Waals surface area contributed by atoms with Crippen LogP contribution in [0.2, 0.25) is 0 Å². The number of benzene rings is 2. The number of carboxylic acid groups (broad SMARTS) is 1. The SMILES string of the molecule is Cn1c(-c2ccc3nccnc3c2)c(-c2cccc(CC(=O)O)c2)c(=O)n1C. The maximum atomic E-state index is 13.0. The van der Waals surface area contributed by atoms with Crippen LogP contribution in [0.25, 0.3) is 33.4 Å². The summed E-state index contributed by atoms with van der Waals surface area (Å²) in [4.78, 5) is 32.7. The van der Waals surface area contributed by atoms with Gasteiger partial charge in [0.05, 0.1) is 28.7 Å². The Hall–Kier alpha value is -3.74. The number of aromatic nitrogens is 4. The third kappa shape index (κ3) is 2.96. The lowest BCUT2D eigenvalue weighted by Crippen LogP contribution is -2.17. The summed E-state index contributed by atoms with van der Waals surface area (Å²) in [7, 11) is 3.53. The van der Waals surface area contributed by atoms with Crippen molar-refractivity contribution in [2.24, 2.45) is 14.1 Å². The van der Waals surface area contributed by atoms with E-state index in [2.05, 4.69) is 9.97 Å². The smallest absolute Gasteiger partial charge is 0.307 e. The highest BCUT2D eigenvalue weighted by Crippen LogP contribution is 2.31. The predicted molar refractivity (Wildman–Crippen MR) is 106 cm³/mol. The normalized spacial score (nSPS) is 11.1. The zero-order valence-electron chi connectivity index (χ0n) is 15.5. The first-order chi connectivity index (χ1) is 13.5. The van der Waals surface area contributed by atoms with E-state index in [4.69, 9.17) is 5.11 Å². The van der Waals surface area contributed by atoms with E-state index in [0.29, 0.717) is 16.7 Å². The summed E-state index contributed by atoms with van der Waals surface area (Å²) in [5.74, 6) is -0.911. The molecule has 0 amide bonds. The molecule has 0 bridgehead atoms. The van der Waals surface area contributed by atoms with Gasteiger partial charge in [0.2, 0.25) is 0 Å². The van der Waals surface area contributed by atoms with Gasteiger partial charge in [-0.1, -0.05) is 30.3 Å². The lowest BCUT2D eigenvalue weighted by Gasteiger charge is -2.09. The second-order valence-corrected chi connectivity index (χ2v) is 6.61. The fraction of sp³-hybridized carbons (Fsp3) is 0.143. The van der Waals surface area contributed by atoms with Crippen LogP contribution in [0.3, 0.4) is 0 Å². The van der Waals surface area contributed by atoms with E-state index in [-0.39, 0.29) is 12.0 Å². The lowest BCUT2D eigenvalue weighted by molar-refractivity contribution is -0.136. The highest BCUT2D eigenvalue weighted by atomic mass is 16.4. The highest BCUT2D eigenvalue weighted by Gasteiger charge is 2.20. The Bertz CT molecular complexity index is 1270. The van der Waals surface area contributed by atoms with Crippen molar-refractivity contribution in [1.29, 1.82) is 0 Å². The molecule has 0 spiro atoms. The molecule has 1 N–H and O–H groups in total. The van der Waals surface area contributed by atoms with Crippen molar-refractivity contribution in [1.82, 2.24) is 19.3 Å². The van der Waals surface area contributed by atoms with Gasteiger partial charge in [0.1, 0.15) is 0 Å². The molecule has 28 heavy (non-hydrogen) atoms. The molecule has 0 aliphatic rings. The summed E-state index contributed by atoms with van der Waals surface area (Å²) in [5.41, 5.74) is 4.81. The summed E-state index contributed by atoms with van der Waals surface area (Å²) in [6.45, 7) is 0. The van der Waals surface area contributed by atoms with Gasteiger partial charge in [0.15, 0.2) is 0 Å². The number of aliphatic carboxylic acids is 1. The van der Waals surface area contributed by atoms with Gasteiger partial charge in [0.25, 0.3) is 5.56 Å². The van der Waals surface area contributed by atoms with Crippen molar-refractivity contribution < 1.29 is 9.90 Å². The fourth-order valence-corrected chi connectivity index (χ4v) is 3.42. The van der Waals surface area contributed by atoms with Crippen molar-refractivity contribution in [3.8, 4) is 22.4 Å². The van der Waals surface area contributed by atoms with Gasteiger partial charge in [0, 0.05) is 32.1 Å². The van der Waals surface area contributed by atoms with Gasteiger partial charge >= 0.3 is 5.97 Å². The average molecular weight is 374 g/mol. The van der Waals surface area contributed by atoms with Gasteiger partial charge in [-0.15, -0.1) is 0 Å². The second-order valence-electron chi connectivity index (χ2n) is 6.61. The molecule has 7 heteroatoms. The van der Waals surface area contributed by atoms with Crippen LogP contribution >= 0.6 is 0 Å². The maximum Gasteiger partial charge on any atom is 0.307 e. The molecule has 140 valence electrons. The molecule has 7 nitrogen and oxygen atoms in total. The summed E-state index contributed by atoms with van der Waals surface area (Å²) < 4.78 is 3.33. The molecule has 2 aromatic carbocycles. The van der Waals surface area contributed by atoms with Gasteiger partial charge in [-0.25, -0.2) is 0 Å². The van der Waals surface area contributed by atoms with Crippen molar-refractivity contribution >= 4 is 17.0 Å². The van der Waals surface area contributed by atoms with Crippen molar-refractivity contribution in [2.45, 2.75) is 6.42 Å². The quantitative estimate of drug-likeness (QED) is 0.593. The fourth-order valence-electron chi connectivity index (χ4n) is 3.42. The van der Waals surface area contributed by atoms with Crippen LogP contribution in [0.4, 0.5) is 0 Å². The average Bonchev–Trinajstić information content (AvgIpc) is 2.91. The molecule has 0 saturated carbocycles. The number of carboxylic acids is 1. The van der Waals surface area contributed by atoms with Crippen LogP contribution in [-0.2, 0) is 25.3 Å². The van der Waals surface area contributed by atoms with Crippen LogP contribution in [0.5, 0.6) is 0 Å². The van der Waals surface area contributed by atoms with E-state index < -0.39 is 5.97 Å². The van der Waals surface area contributed by atoms with E-state index >= 15 is 0 Å². The van der Waals surface area contributed by atoms with E-state index in [0.717, 1.165) is 22.3 Å². The Labute approximate surface area is 160 Å². The zero-order chi connectivity index (χ0) is 19.8. The monoisotopic (exact) mass is 374 g/mol. The molecule has 2 aromatic heterocycles. The zero-order valence-corrected chi connectivity index (χ0v) is 15.5. The van der Waals surface area contributed by atoms with Crippen molar-refractivity contribution in [3.05, 3.63) is 70.8 Å². The molecule has 2 heterocycles. The number of fused-ring (bicyclic) bond motifs is 1. The first-order valence-corrected chi connectivity index (χ1v) is 8.74. The minimum Gasteiger partial charge on any atom is -0.481 e. The van der Waals surface area contributed by atoms with E-state index in [1.165, 1.54) is 4.68 Å². The third-order valence-electron chi connectivity index (χ3n) is 4.83. The minimum absolute atomic E-state index is 0.0954. The molecule has 0 aliphatic carbocycles. The molecule has 4 aromatic rings. The largest absolute Gasteiger partial charge is 0.481 e. The molecule has 0 radical (unpaired) electrons. The number of rotatable bonds is 4. The molecular weight excluding hydrogens is 356 g/mol.